The van der Waals surface area contributed by atoms with E-state index in [0.29, 0.717) is 11.4 Å². The Labute approximate surface area is 123 Å². The number of nitrogens with one attached hydrogen (secondary N) is 1. The van der Waals surface area contributed by atoms with Crippen LogP contribution in [-0.2, 0) is 4.74 Å². The van der Waals surface area contributed by atoms with Crippen LogP contribution in [0.3, 0.4) is 0 Å². The maximum Gasteiger partial charge on any atom is 0.261 e. The third kappa shape index (κ3) is 4.07. The minimum absolute atomic E-state index is 0.0144. The van der Waals surface area contributed by atoms with Crippen molar-refractivity contribution in [2.45, 2.75) is 19.3 Å². The lowest BCUT2D eigenvalue weighted by Gasteiger charge is -2.14. The van der Waals surface area contributed by atoms with Gasteiger partial charge in [-0.25, -0.2) is 0 Å². The molecule has 1 aromatic rings. The van der Waals surface area contributed by atoms with Crippen molar-refractivity contribution in [3.63, 3.8) is 0 Å². The van der Waals surface area contributed by atoms with E-state index in [1.807, 2.05) is 12.1 Å². The monoisotopic (exact) mass is 292 g/mol. The second-order valence-electron chi connectivity index (χ2n) is 5.10. The van der Waals surface area contributed by atoms with Crippen molar-refractivity contribution in [1.82, 2.24) is 5.32 Å². The zero-order valence-electron chi connectivity index (χ0n) is 11.7. The van der Waals surface area contributed by atoms with Crippen LogP contribution in [0, 0.1) is 17.3 Å². The molecule has 108 valence electrons. The summed E-state index contributed by atoms with van der Waals surface area (Å²) in [7, 11) is 1.71. The van der Waals surface area contributed by atoms with Crippen molar-refractivity contribution >= 4 is 17.2 Å². The van der Waals surface area contributed by atoms with Crippen molar-refractivity contribution in [2.75, 3.05) is 26.8 Å². The van der Waals surface area contributed by atoms with Crippen LogP contribution >= 0.6 is 11.3 Å². The van der Waals surface area contributed by atoms with Gasteiger partial charge in [-0.1, -0.05) is 11.8 Å². The van der Waals surface area contributed by atoms with Crippen LogP contribution in [0.5, 0.6) is 0 Å². The number of nitrogens with two attached hydrogens (primary N) is 1. The summed E-state index contributed by atoms with van der Waals surface area (Å²) in [4.78, 5) is 13.7. The molecule has 2 rings (SSSR count). The number of thiophene rings is 1. The summed E-state index contributed by atoms with van der Waals surface area (Å²) in [5.41, 5.74) is 5.60. The molecule has 1 aromatic heterocycles. The van der Waals surface area contributed by atoms with E-state index in [0.717, 1.165) is 24.4 Å². The summed E-state index contributed by atoms with van der Waals surface area (Å²) in [5.74, 6) is 5.71. The van der Waals surface area contributed by atoms with Gasteiger partial charge in [0.05, 0.1) is 16.3 Å². The number of hydrogen-bond acceptors (Lipinski definition) is 4. The smallest absolute Gasteiger partial charge is 0.261 e. The van der Waals surface area contributed by atoms with Gasteiger partial charge in [-0.15, -0.1) is 11.3 Å². The zero-order valence-corrected chi connectivity index (χ0v) is 12.5. The Morgan fingerprint density at radius 1 is 1.55 bits per heavy atom. The number of ether oxygens (including phenoxy) is 1. The fourth-order valence-corrected chi connectivity index (χ4v) is 2.83. The van der Waals surface area contributed by atoms with Crippen LogP contribution in [0.2, 0.25) is 0 Å². The lowest BCUT2D eigenvalue weighted by atomic mass is 10.0. The first-order valence-corrected chi connectivity index (χ1v) is 7.57. The van der Waals surface area contributed by atoms with Gasteiger partial charge in [0.15, 0.2) is 0 Å². The summed E-state index contributed by atoms with van der Waals surface area (Å²) >= 11 is 1.40. The van der Waals surface area contributed by atoms with Gasteiger partial charge in [0, 0.05) is 20.3 Å². The van der Waals surface area contributed by atoms with Crippen molar-refractivity contribution in [2.24, 2.45) is 11.1 Å². The van der Waals surface area contributed by atoms with E-state index in [2.05, 4.69) is 17.2 Å². The second-order valence-corrected chi connectivity index (χ2v) is 6.18. The Morgan fingerprint density at radius 3 is 3.00 bits per heavy atom. The summed E-state index contributed by atoms with van der Waals surface area (Å²) < 4.78 is 5.11. The average molecular weight is 292 g/mol. The van der Waals surface area contributed by atoms with Gasteiger partial charge in [-0.2, -0.15) is 0 Å². The molecular weight excluding hydrogens is 272 g/mol. The molecule has 4 nitrogen and oxygen atoms in total. The van der Waals surface area contributed by atoms with Gasteiger partial charge >= 0.3 is 0 Å². The van der Waals surface area contributed by atoms with E-state index in [-0.39, 0.29) is 11.3 Å². The van der Waals surface area contributed by atoms with Crippen molar-refractivity contribution in [3.8, 4) is 11.8 Å². The van der Waals surface area contributed by atoms with Crippen LogP contribution < -0.4 is 11.1 Å². The highest BCUT2D eigenvalue weighted by Gasteiger charge is 2.42. The largest absolute Gasteiger partial charge is 0.385 e. The van der Waals surface area contributed by atoms with Crippen molar-refractivity contribution in [1.29, 1.82) is 0 Å². The SMILES string of the molecule is COCCC1(CNC(=O)c2ccc(C#CCN)s2)CC1. The van der Waals surface area contributed by atoms with Gasteiger partial charge in [0.2, 0.25) is 0 Å². The topological polar surface area (TPSA) is 64.3 Å². The molecule has 3 N–H and O–H groups in total. The number of carbonyl (C=O) groups is 1. The Hall–Kier alpha value is -1.35. The summed E-state index contributed by atoms with van der Waals surface area (Å²) in [6.07, 6.45) is 3.37. The summed E-state index contributed by atoms with van der Waals surface area (Å²) in [6.45, 7) is 1.83. The van der Waals surface area contributed by atoms with Crippen LogP contribution in [0.1, 0.15) is 33.8 Å². The molecule has 0 saturated heterocycles. The minimum atomic E-state index is -0.0144. The molecule has 1 fully saturated rings. The van der Waals surface area contributed by atoms with Gasteiger partial charge in [-0.3, -0.25) is 4.79 Å². The normalized spacial score (nSPS) is 15.3. The van der Waals surface area contributed by atoms with Crippen molar-refractivity contribution in [3.05, 3.63) is 21.9 Å². The fraction of sp³-hybridized carbons (Fsp3) is 0.533. The van der Waals surface area contributed by atoms with E-state index in [4.69, 9.17) is 10.5 Å². The highest BCUT2D eigenvalue weighted by molar-refractivity contribution is 7.14. The molecule has 1 saturated carbocycles. The minimum Gasteiger partial charge on any atom is -0.385 e. The summed E-state index contributed by atoms with van der Waals surface area (Å²) in [5, 5.41) is 3.02. The third-order valence-corrected chi connectivity index (χ3v) is 4.56. The van der Waals surface area contributed by atoms with Gasteiger partial charge in [-0.05, 0) is 36.8 Å². The number of carbonyl (C=O) groups excluding carboxylic acids is 1. The number of amides is 1. The van der Waals surface area contributed by atoms with E-state index < -0.39 is 0 Å². The molecule has 0 unspecified atom stereocenters. The molecule has 1 heterocycles. The Balaban J connectivity index is 1.84. The highest BCUT2D eigenvalue weighted by atomic mass is 32.1. The number of rotatable bonds is 6. The van der Waals surface area contributed by atoms with Gasteiger partial charge in [0.1, 0.15) is 0 Å². The Kier molecular flexibility index (Phi) is 5.18. The summed E-state index contributed by atoms with van der Waals surface area (Å²) in [6, 6.07) is 3.68. The Morgan fingerprint density at radius 2 is 2.35 bits per heavy atom. The van der Waals surface area contributed by atoms with Gasteiger partial charge < -0.3 is 15.8 Å². The molecule has 0 aromatic carbocycles. The maximum absolute atomic E-state index is 12.1. The van der Waals surface area contributed by atoms with Crippen LogP contribution in [-0.4, -0.2) is 32.7 Å². The lowest BCUT2D eigenvalue weighted by molar-refractivity contribution is 0.0942. The number of hydrogen-bond donors (Lipinski definition) is 2. The fourth-order valence-electron chi connectivity index (χ4n) is 2.03. The quantitative estimate of drug-likeness (QED) is 0.783. The zero-order chi connectivity index (χ0) is 14.4. The predicted molar refractivity (Wildman–Crippen MR) is 80.7 cm³/mol. The number of methoxy groups -OCH3 is 1. The van der Waals surface area contributed by atoms with E-state index >= 15 is 0 Å². The van der Waals surface area contributed by atoms with Crippen molar-refractivity contribution < 1.29 is 9.53 Å². The average Bonchev–Trinajstić information content (AvgIpc) is 3.08. The predicted octanol–water partition coefficient (Wildman–Crippen LogP) is 1.60. The first-order chi connectivity index (χ1) is 9.69. The van der Waals surface area contributed by atoms with Crippen LogP contribution in [0.25, 0.3) is 0 Å². The highest BCUT2D eigenvalue weighted by Crippen LogP contribution is 2.48. The molecule has 1 aliphatic carbocycles. The molecule has 20 heavy (non-hydrogen) atoms. The molecule has 0 bridgehead atoms. The molecule has 1 aliphatic rings. The maximum atomic E-state index is 12.1. The molecular formula is C15H20N2O2S. The van der Waals surface area contributed by atoms with E-state index in [1.54, 1.807) is 7.11 Å². The second kappa shape index (κ2) is 6.89. The molecule has 0 spiro atoms. The molecule has 0 aliphatic heterocycles. The molecule has 0 radical (unpaired) electrons. The van der Waals surface area contributed by atoms with Crippen LogP contribution in [0.15, 0.2) is 12.1 Å². The molecule has 5 heteroatoms. The Bertz CT molecular complexity index is 523. The molecule has 0 atom stereocenters. The standard InChI is InChI=1S/C15H20N2O2S/c1-19-10-8-15(6-7-15)11-17-14(18)13-5-4-12(20-13)3-2-9-16/h4-5H,6-11,16H2,1H3,(H,17,18). The lowest BCUT2D eigenvalue weighted by Crippen LogP contribution is -2.30. The first-order valence-electron chi connectivity index (χ1n) is 6.75. The van der Waals surface area contributed by atoms with E-state index in [9.17, 15) is 4.79 Å². The first kappa shape index (κ1) is 15.0. The molecule has 1 amide bonds. The van der Waals surface area contributed by atoms with E-state index in [1.165, 1.54) is 24.2 Å². The van der Waals surface area contributed by atoms with Gasteiger partial charge in [0.25, 0.3) is 5.91 Å². The third-order valence-electron chi connectivity index (χ3n) is 3.56. The van der Waals surface area contributed by atoms with Crippen LogP contribution in [0.4, 0.5) is 0 Å².